The summed E-state index contributed by atoms with van der Waals surface area (Å²) >= 11 is 1.61. The number of aryl methyl sites for hydroxylation is 1. The number of carbonyl (C=O) groups excluding carboxylic acids is 1. The molecule has 2 rings (SSSR count). The number of hydrogen-bond acceptors (Lipinski definition) is 2. The van der Waals surface area contributed by atoms with E-state index in [2.05, 4.69) is 5.32 Å². The zero-order valence-corrected chi connectivity index (χ0v) is 9.88. The van der Waals surface area contributed by atoms with Crippen molar-refractivity contribution >= 4 is 22.9 Å². The zero-order chi connectivity index (χ0) is 11.4. The Kier molecular flexibility index (Phi) is 3.37. The fourth-order valence-electron chi connectivity index (χ4n) is 1.49. The molecule has 82 valence electrons. The van der Waals surface area contributed by atoms with Crippen molar-refractivity contribution in [1.29, 1.82) is 0 Å². The van der Waals surface area contributed by atoms with E-state index in [0.717, 1.165) is 16.8 Å². The second kappa shape index (κ2) is 4.94. The van der Waals surface area contributed by atoms with Crippen molar-refractivity contribution in [3.05, 3.63) is 52.2 Å². The van der Waals surface area contributed by atoms with Gasteiger partial charge >= 0.3 is 0 Å². The van der Waals surface area contributed by atoms with Crippen LogP contribution in [0.5, 0.6) is 0 Å². The Hall–Kier alpha value is -1.61. The van der Waals surface area contributed by atoms with Gasteiger partial charge in [0, 0.05) is 5.69 Å². The topological polar surface area (TPSA) is 29.1 Å². The van der Waals surface area contributed by atoms with Gasteiger partial charge in [0.25, 0.3) is 0 Å². The average Bonchev–Trinajstić information content (AvgIpc) is 2.74. The molecular weight excluding hydrogens is 218 g/mol. The van der Waals surface area contributed by atoms with Gasteiger partial charge in [-0.15, -0.1) is 0 Å². The molecule has 1 aromatic carbocycles. The van der Waals surface area contributed by atoms with Gasteiger partial charge < -0.3 is 5.32 Å². The Morgan fingerprint density at radius 1 is 1.31 bits per heavy atom. The molecule has 0 radical (unpaired) electrons. The summed E-state index contributed by atoms with van der Waals surface area (Å²) in [6.07, 6.45) is 0.442. The molecule has 16 heavy (non-hydrogen) atoms. The SMILES string of the molecule is Cc1ccccc1NC(=O)Cc1ccsc1. The van der Waals surface area contributed by atoms with Crippen LogP contribution in [0.15, 0.2) is 41.1 Å². The van der Waals surface area contributed by atoms with Gasteiger partial charge in [-0.2, -0.15) is 11.3 Å². The smallest absolute Gasteiger partial charge is 0.228 e. The van der Waals surface area contributed by atoms with Crippen molar-refractivity contribution in [3.8, 4) is 0 Å². The van der Waals surface area contributed by atoms with Crippen LogP contribution in [0.25, 0.3) is 0 Å². The average molecular weight is 231 g/mol. The third-order valence-corrected chi connectivity index (χ3v) is 3.10. The predicted molar refractivity (Wildman–Crippen MR) is 67.8 cm³/mol. The number of para-hydroxylation sites is 1. The van der Waals surface area contributed by atoms with E-state index < -0.39 is 0 Å². The molecule has 1 aromatic heterocycles. The molecule has 1 N–H and O–H groups in total. The number of benzene rings is 1. The van der Waals surface area contributed by atoms with Crippen LogP contribution < -0.4 is 5.32 Å². The lowest BCUT2D eigenvalue weighted by atomic mass is 10.2. The molecule has 0 fully saturated rings. The number of anilines is 1. The summed E-state index contributed by atoms with van der Waals surface area (Å²) < 4.78 is 0. The van der Waals surface area contributed by atoms with Crippen LogP contribution >= 0.6 is 11.3 Å². The van der Waals surface area contributed by atoms with Crippen molar-refractivity contribution in [2.24, 2.45) is 0 Å². The molecule has 0 bridgehead atoms. The van der Waals surface area contributed by atoms with Crippen LogP contribution in [0.3, 0.4) is 0 Å². The first kappa shape index (κ1) is 10.9. The van der Waals surface area contributed by atoms with E-state index in [-0.39, 0.29) is 5.91 Å². The second-order valence-electron chi connectivity index (χ2n) is 3.67. The monoisotopic (exact) mass is 231 g/mol. The highest BCUT2D eigenvalue weighted by atomic mass is 32.1. The third-order valence-electron chi connectivity index (χ3n) is 2.36. The maximum Gasteiger partial charge on any atom is 0.228 e. The molecule has 0 saturated carbocycles. The van der Waals surface area contributed by atoms with Crippen LogP contribution in [0.2, 0.25) is 0 Å². The fraction of sp³-hybridized carbons (Fsp3) is 0.154. The van der Waals surface area contributed by atoms with E-state index in [4.69, 9.17) is 0 Å². The fourth-order valence-corrected chi connectivity index (χ4v) is 2.15. The van der Waals surface area contributed by atoms with E-state index >= 15 is 0 Å². The van der Waals surface area contributed by atoms with E-state index in [1.165, 1.54) is 0 Å². The van der Waals surface area contributed by atoms with E-state index in [1.54, 1.807) is 11.3 Å². The molecule has 0 saturated heterocycles. The van der Waals surface area contributed by atoms with Gasteiger partial charge in [0.1, 0.15) is 0 Å². The minimum atomic E-state index is 0.0349. The highest BCUT2D eigenvalue weighted by Gasteiger charge is 2.05. The van der Waals surface area contributed by atoms with Crippen LogP contribution in [0, 0.1) is 6.92 Å². The predicted octanol–water partition coefficient (Wildman–Crippen LogP) is 3.24. The maximum atomic E-state index is 11.7. The highest BCUT2D eigenvalue weighted by Crippen LogP contribution is 2.14. The molecule has 1 heterocycles. The van der Waals surface area contributed by atoms with Gasteiger partial charge in [-0.05, 0) is 40.9 Å². The first-order chi connectivity index (χ1) is 7.75. The Morgan fingerprint density at radius 3 is 2.81 bits per heavy atom. The summed E-state index contributed by atoms with van der Waals surface area (Å²) in [5, 5.41) is 6.89. The van der Waals surface area contributed by atoms with E-state index in [1.807, 2.05) is 48.0 Å². The van der Waals surface area contributed by atoms with Crippen molar-refractivity contribution in [1.82, 2.24) is 0 Å². The molecule has 0 spiro atoms. The van der Waals surface area contributed by atoms with Gasteiger partial charge in [-0.3, -0.25) is 4.79 Å². The van der Waals surface area contributed by atoms with Gasteiger partial charge in [0.15, 0.2) is 0 Å². The molecule has 0 aliphatic rings. The summed E-state index contributed by atoms with van der Waals surface area (Å²) in [6.45, 7) is 1.99. The summed E-state index contributed by atoms with van der Waals surface area (Å²) in [4.78, 5) is 11.7. The largest absolute Gasteiger partial charge is 0.326 e. The van der Waals surface area contributed by atoms with Gasteiger partial charge in [0.05, 0.1) is 6.42 Å². The number of amides is 1. The van der Waals surface area contributed by atoms with Crippen molar-refractivity contribution in [3.63, 3.8) is 0 Å². The lowest BCUT2D eigenvalue weighted by Gasteiger charge is -2.07. The van der Waals surface area contributed by atoms with E-state index in [9.17, 15) is 4.79 Å². The second-order valence-corrected chi connectivity index (χ2v) is 4.45. The van der Waals surface area contributed by atoms with E-state index in [0.29, 0.717) is 6.42 Å². The van der Waals surface area contributed by atoms with Crippen LogP contribution in [0.4, 0.5) is 5.69 Å². The minimum absolute atomic E-state index is 0.0349. The number of carbonyl (C=O) groups is 1. The number of thiophene rings is 1. The Bertz CT molecular complexity index is 476. The van der Waals surface area contributed by atoms with Crippen molar-refractivity contribution < 1.29 is 4.79 Å². The Labute approximate surface area is 98.9 Å². The highest BCUT2D eigenvalue weighted by molar-refractivity contribution is 7.08. The zero-order valence-electron chi connectivity index (χ0n) is 9.07. The number of hydrogen-bond donors (Lipinski definition) is 1. The quantitative estimate of drug-likeness (QED) is 0.863. The summed E-state index contributed by atoms with van der Waals surface area (Å²) in [5.41, 5.74) is 3.04. The molecule has 1 amide bonds. The molecule has 0 aliphatic heterocycles. The first-order valence-corrected chi connectivity index (χ1v) is 6.06. The van der Waals surface area contributed by atoms with Gasteiger partial charge in [-0.25, -0.2) is 0 Å². The lowest BCUT2D eigenvalue weighted by Crippen LogP contribution is -2.14. The molecule has 3 heteroatoms. The number of nitrogens with one attached hydrogen (secondary N) is 1. The van der Waals surface area contributed by atoms with Gasteiger partial charge in [0.2, 0.25) is 5.91 Å². The Morgan fingerprint density at radius 2 is 2.12 bits per heavy atom. The standard InChI is InChI=1S/C13H13NOS/c1-10-4-2-3-5-12(10)14-13(15)8-11-6-7-16-9-11/h2-7,9H,8H2,1H3,(H,14,15). The summed E-state index contributed by atoms with van der Waals surface area (Å²) in [6, 6.07) is 9.76. The first-order valence-electron chi connectivity index (χ1n) is 5.12. The van der Waals surface area contributed by atoms with Crippen LogP contribution in [-0.4, -0.2) is 5.91 Å². The molecule has 2 nitrogen and oxygen atoms in total. The summed E-state index contributed by atoms with van der Waals surface area (Å²) in [7, 11) is 0. The molecule has 0 unspecified atom stereocenters. The molecule has 2 aromatic rings. The van der Waals surface area contributed by atoms with Gasteiger partial charge in [-0.1, -0.05) is 18.2 Å². The molecular formula is C13H13NOS. The normalized spacial score (nSPS) is 10.1. The molecule has 0 aliphatic carbocycles. The van der Waals surface area contributed by atoms with Crippen molar-refractivity contribution in [2.75, 3.05) is 5.32 Å². The number of rotatable bonds is 3. The van der Waals surface area contributed by atoms with Crippen LogP contribution in [-0.2, 0) is 11.2 Å². The third kappa shape index (κ3) is 2.70. The lowest BCUT2D eigenvalue weighted by molar-refractivity contribution is -0.115. The minimum Gasteiger partial charge on any atom is -0.326 e. The van der Waals surface area contributed by atoms with Crippen LogP contribution in [0.1, 0.15) is 11.1 Å². The Balaban J connectivity index is 2.00. The summed E-state index contributed by atoms with van der Waals surface area (Å²) in [5.74, 6) is 0.0349. The van der Waals surface area contributed by atoms with Crippen molar-refractivity contribution in [2.45, 2.75) is 13.3 Å². The molecule has 0 atom stereocenters. The maximum absolute atomic E-state index is 11.7.